The molecule has 2 fully saturated rings. The van der Waals surface area contributed by atoms with Gasteiger partial charge in [0.05, 0.1) is 24.9 Å². The molecule has 1 saturated heterocycles. The van der Waals surface area contributed by atoms with Crippen molar-refractivity contribution in [2.24, 2.45) is 0 Å². The molecule has 116 valence electrons. The third-order valence-electron chi connectivity index (χ3n) is 3.42. The number of anilines is 1. The first-order valence-corrected chi connectivity index (χ1v) is 7.17. The van der Waals surface area contributed by atoms with Gasteiger partial charge in [0, 0.05) is 6.07 Å². The first-order valence-electron chi connectivity index (χ1n) is 7.17. The number of hydrogen-bond acceptors (Lipinski definition) is 5. The number of nitrogens with one attached hydrogen (secondary N) is 1. The summed E-state index contributed by atoms with van der Waals surface area (Å²) in [5.74, 6) is 0.395. The Morgan fingerprint density at radius 3 is 2.67 bits per heavy atom. The van der Waals surface area contributed by atoms with Crippen LogP contribution in [0.3, 0.4) is 0 Å². The molecule has 21 heavy (non-hydrogen) atoms. The minimum absolute atomic E-state index is 0.261. The summed E-state index contributed by atoms with van der Waals surface area (Å²) < 4.78 is 12.1. The quantitative estimate of drug-likeness (QED) is 0.888. The molecule has 0 aromatic carbocycles. The molecule has 7 nitrogen and oxygen atoms in total. The van der Waals surface area contributed by atoms with Crippen LogP contribution in [0.5, 0.6) is 0 Å². The van der Waals surface area contributed by atoms with E-state index in [4.69, 9.17) is 9.47 Å². The van der Waals surface area contributed by atoms with Gasteiger partial charge in [-0.3, -0.25) is 10.00 Å². The Labute approximate surface area is 123 Å². The van der Waals surface area contributed by atoms with E-state index in [1.807, 2.05) is 0 Å². The maximum atomic E-state index is 11.8. The van der Waals surface area contributed by atoms with Crippen LogP contribution in [0.4, 0.5) is 10.6 Å². The van der Waals surface area contributed by atoms with Gasteiger partial charge in [0.1, 0.15) is 5.60 Å². The van der Waals surface area contributed by atoms with E-state index in [0.717, 1.165) is 12.8 Å². The molecule has 7 heteroatoms. The highest BCUT2D eigenvalue weighted by atomic mass is 16.6. The lowest BCUT2D eigenvalue weighted by molar-refractivity contribution is -0.188. The molecule has 0 unspecified atom stereocenters. The number of aromatic nitrogens is 2. The van der Waals surface area contributed by atoms with Gasteiger partial charge in [-0.15, -0.1) is 0 Å². The first-order chi connectivity index (χ1) is 9.77. The highest BCUT2D eigenvalue weighted by Gasteiger charge is 2.43. The summed E-state index contributed by atoms with van der Waals surface area (Å²) in [6, 6.07) is 2.00. The normalized spacial score (nSPS) is 20.8. The molecule has 3 rings (SSSR count). The third-order valence-corrected chi connectivity index (χ3v) is 3.42. The second-order valence-corrected chi connectivity index (χ2v) is 6.74. The highest BCUT2D eigenvalue weighted by molar-refractivity contribution is 5.83. The number of carbonyl (C=O) groups excluding carboxylic acids is 1. The lowest BCUT2D eigenvalue weighted by Crippen LogP contribution is -2.48. The van der Waals surface area contributed by atoms with E-state index >= 15 is 0 Å². The van der Waals surface area contributed by atoms with Crippen LogP contribution >= 0.6 is 0 Å². The van der Waals surface area contributed by atoms with Gasteiger partial charge in [0.15, 0.2) is 11.4 Å². The number of nitrogens with zero attached hydrogens (tertiary/aromatic N) is 2. The average Bonchev–Trinajstić information content (AvgIpc) is 3.06. The number of aliphatic hydroxyl groups is 1. The first kappa shape index (κ1) is 14.3. The van der Waals surface area contributed by atoms with Crippen molar-refractivity contribution in [3.63, 3.8) is 0 Å². The summed E-state index contributed by atoms with van der Waals surface area (Å²) in [7, 11) is 0. The zero-order valence-electron chi connectivity index (χ0n) is 12.5. The molecule has 1 aromatic heterocycles. The lowest BCUT2D eigenvalue weighted by Gasteiger charge is -2.36. The van der Waals surface area contributed by atoms with Crippen molar-refractivity contribution in [3.8, 4) is 0 Å². The van der Waals surface area contributed by atoms with Crippen molar-refractivity contribution in [1.29, 1.82) is 0 Å². The van der Waals surface area contributed by atoms with E-state index < -0.39 is 17.3 Å². The maximum Gasteiger partial charge on any atom is 0.413 e. The number of ether oxygens (including phenoxy) is 2. The zero-order valence-corrected chi connectivity index (χ0v) is 12.5. The van der Waals surface area contributed by atoms with Crippen molar-refractivity contribution in [1.82, 2.24) is 9.78 Å². The Morgan fingerprint density at radius 2 is 2.19 bits per heavy atom. The Kier molecular flexibility index (Phi) is 3.22. The van der Waals surface area contributed by atoms with Crippen LogP contribution in [0.15, 0.2) is 6.07 Å². The van der Waals surface area contributed by atoms with Crippen molar-refractivity contribution >= 4 is 11.9 Å². The molecule has 1 saturated carbocycles. The number of rotatable bonds is 3. The summed E-state index contributed by atoms with van der Waals surface area (Å²) in [5.41, 5.74) is -0.864. The van der Waals surface area contributed by atoms with Crippen molar-refractivity contribution in [2.45, 2.75) is 50.9 Å². The second kappa shape index (κ2) is 4.71. The topological polar surface area (TPSA) is 85.6 Å². The fourth-order valence-corrected chi connectivity index (χ4v) is 2.25. The monoisotopic (exact) mass is 295 g/mol. The van der Waals surface area contributed by atoms with Crippen LogP contribution in [-0.4, -0.2) is 39.8 Å². The van der Waals surface area contributed by atoms with Crippen LogP contribution in [0, 0.1) is 0 Å². The van der Waals surface area contributed by atoms with Crippen LogP contribution in [0.1, 0.15) is 45.3 Å². The maximum absolute atomic E-state index is 11.8. The largest absolute Gasteiger partial charge is 0.444 e. The van der Waals surface area contributed by atoms with Crippen LogP contribution in [0.2, 0.25) is 0 Å². The Hall–Kier alpha value is -1.60. The van der Waals surface area contributed by atoms with Crippen LogP contribution in [0.25, 0.3) is 0 Å². The zero-order chi connectivity index (χ0) is 15.3. The summed E-state index contributed by atoms with van der Waals surface area (Å²) >= 11 is 0. The predicted molar refractivity (Wildman–Crippen MR) is 75.1 cm³/mol. The smallest absolute Gasteiger partial charge is 0.413 e. The van der Waals surface area contributed by atoms with Crippen molar-refractivity contribution < 1.29 is 19.4 Å². The summed E-state index contributed by atoms with van der Waals surface area (Å²) in [6.07, 6.45) is 1.53. The van der Waals surface area contributed by atoms with E-state index in [0.29, 0.717) is 17.6 Å². The minimum Gasteiger partial charge on any atom is -0.444 e. The summed E-state index contributed by atoms with van der Waals surface area (Å²) in [5, 5.41) is 17.4. The van der Waals surface area contributed by atoms with Gasteiger partial charge < -0.3 is 14.6 Å². The Morgan fingerprint density at radius 1 is 1.52 bits per heavy atom. The Balaban J connectivity index is 1.77. The van der Waals surface area contributed by atoms with Crippen LogP contribution in [-0.2, 0) is 15.1 Å². The van der Waals surface area contributed by atoms with E-state index in [9.17, 15) is 9.90 Å². The molecule has 1 aliphatic carbocycles. The standard InChI is InChI=1S/C14H21N3O4/c1-13(2,3)21-12(18)15-11-6-10(14(19)7-20-8-14)17(16-11)9-4-5-9/h6,9,19H,4-5,7-8H2,1-3H3,(H,15,16,18). The molecule has 2 N–H and O–H groups in total. The molecular formula is C14H21N3O4. The van der Waals surface area contributed by atoms with Crippen molar-refractivity contribution in [2.75, 3.05) is 18.5 Å². The summed E-state index contributed by atoms with van der Waals surface area (Å²) in [6.45, 7) is 5.92. The fourth-order valence-electron chi connectivity index (χ4n) is 2.25. The van der Waals surface area contributed by atoms with Gasteiger partial charge in [-0.25, -0.2) is 4.79 Å². The fraction of sp³-hybridized carbons (Fsp3) is 0.714. The average molecular weight is 295 g/mol. The second-order valence-electron chi connectivity index (χ2n) is 6.74. The molecule has 0 radical (unpaired) electrons. The predicted octanol–water partition coefficient (Wildman–Crippen LogP) is 1.78. The number of amides is 1. The van der Waals surface area contributed by atoms with Gasteiger partial charge in [-0.2, -0.15) is 5.10 Å². The van der Waals surface area contributed by atoms with Gasteiger partial charge in [-0.05, 0) is 33.6 Å². The number of hydrogen-bond donors (Lipinski definition) is 2. The molecule has 0 bridgehead atoms. The van der Waals surface area contributed by atoms with Gasteiger partial charge in [-0.1, -0.05) is 0 Å². The molecule has 0 spiro atoms. The summed E-state index contributed by atoms with van der Waals surface area (Å²) in [4.78, 5) is 11.8. The van der Waals surface area contributed by atoms with Crippen molar-refractivity contribution in [3.05, 3.63) is 11.8 Å². The molecule has 0 atom stereocenters. The minimum atomic E-state index is -0.997. The van der Waals surface area contributed by atoms with E-state index in [2.05, 4.69) is 10.4 Å². The highest BCUT2D eigenvalue weighted by Crippen LogP contribution is 2.40. The number of carbonyl (C=O) groups is 1. The lowest BCUT2D eigenvalue weighted by atomic mass is 9.98. The SMILES string of the molecule is CC(C)(C)OC(=O)Nc1cc(C2(O)COC2)n(C2CC2)n1. The molecule has 1 aliphatic heterocycles. The van der Waals surface area contributed by atoms with Gasteiger partial charge >= 0.3 is 6.09 Å². The molecule has 1 amide bonds. The third kappa shape index (κ3) is 3.03. The molecule has 2 heterocycles. The molecule has 1 aromatic rings. The van der Waals surface area contributed by atoms with E-state index in [1.165, 1.54) is 0 Å². The van der Waals surface area contributed by atoms with E-state index in [1.54, 1.807) is 31.5 Å². The Bertz CT molecular complexity index is 553. The van der Waals surface area contributed by atoms with Gasteiger partial charge in [0.25, 0.3) is 0 Å². The van der Waals surface area contributed by atoms with E-state index in [-0.39, 0.29) is 13.2 Å². The van der Waals surface area contributed by atoms with Crippen LogP contribution < -0.4 is 5.32 Å². The molecule has 2 aliphatic rings. The molecular weight excluding hydrogens is 274 g/mol. The van der Waals surface area contributed by atoms with Gasteiger partial charge in [0.2, 0.25) is 0 Å².